The van der Waals surface area contributed by atoms with Gasteiger partial charge in [-0.25, -0.2) is 9.37 Å². The van der Waals surface area contributed by atoms with Crippen LogP contribution in [0.5, 0.6) is 11.8 Å². The Labute approximate surface area is 463 Å². The van der Waals surface area contributed by atoms with Gasteiger partial charge in [-0.15, -0.1) is 11.3 Å². The van der Waals surface area contributed by atoms with Crippen molar-refractivity contribution in [3.63, 3.8) is 0 Å². The predicted molar refractivity (Wildman–Crippen MR) is 300 cm³/mol. The lowest BCUT2D eigenvalue weighted by molar-refractivity contribution is -0.144. The number of β-amino-alcohol motifs (C(OH)–C–C–N with tert-alkyl or cyclic N) is 1. The molecular formula is C58H70ClFN10O7S. The monoisotopic (exact) mass is 1100 g/mol. The molecule has 3 aromatic carbocycles. The van der Waals surface area contributed by atoms with Gasteiger partial charge in [0.05, 0.1) is 40.2 Å². The van der Waals surface area contributed by atoms with Crippen LogP contribution in [-0.4, -0.2) is 147 Å². The van der Waals surface area contributed by atoms with Crippen LogP contribution < -0.4 is 25.6 Å². The highest BCUT2D eigenvalue weighted by atomic mass is 35.5. The average molecular weight is 1110 g/mol. The third kappa shape index (κ3) is 11.9. The highest BCUT2D eigenvalue weighted by Crippen LogP contribution is 2.40. The molecule has 0 unspecified atom stereocenters. The molecule has 3 aromatic heterocycles. The highest BCUT2D eigenvalue weighted by molar-refractivity contribution is 7.13. The lowest BCUT2D eigenvalue weighted by atomic mass is 9.85. The van der Waals surface area contributed by atoms with E-state index in [0.29, 0.717) is 47.0 Å². The zero-order valence-electron chi connectivity index (χ0n) is 45.2. The van der Waals surface area contributed by atoms with Gasteiger partial charge in [-0.1, -0.05) is 69.6 Å². The van der Waals surface area contributed by atoms with Crippen LogP contribution in [-0.2, 0) is 25.5 Å². The van der Waals surface area contributed by atoms with Crippen molar-refractivity contribution in [3.05, 3.63) is 87.9 Å². The van der Waals surface area contributed by atoms with Crippen LogP contribution in [0.3, 0.4) is 0 Å². The van der Waals surface area contributed by atoms with E-state index in [0.717, 1.165) is 96.3 Å². The molecule has 17 nitrogen and oxygen atoms in total. The number of carbonyl (C=O) groups excluding carboxylic acids is 3. The standard InChI is InChI=1S/C58H70ClFN10O7S/c1-7-35-9-8-10-37-21-40(71)23-43(48(35)37)50-49(60)51-44(25-61-50)54(69-26-38-12-13-39(27-69)64-38)67-57(66-51)77-20-19-68-17-15-34(16-18-68)29-76-30-47(73)65-53(58(4,5)6)56(75)70-28-41(72)24-46(70)55(74)63-32(2)36-11-14-42(45(59)22-36)52-33(3)62-31-78-52/h8-11,14,21-23,25,31-32,34,38-39,41,46,53,64,71-72H,7,12-13,15-20,24,26-30H2,1-6H3,(H,63,74)(H,65,73)/t32-,38-,39+,41+,46-,53+/m0/s1. The molecule has 4 aliphatic heterocycles. The first-order chi connectivity index (χ1) is 37.4. The quantitative estimate of drug-likeness (QED) is 0.0592. The van der Waals surface area contributed by atoms with Crippen LogP contribution in [0.2, 0.25) is 5.02 Å². The Morgan fingerprint density at radius 2 is 1.76 bits per heavy atom. The summed E-state index contributed by atoms with van der Waals surface area (Å²) in [6.45, 7) is 15.3. The smallest absolute Gasteiger partial charge is 0.319 e. The molecule has 78 heavy (non-hydrogen) atoms. The number of aryl methyl sites for hydroxylation is 2. The molecule has 6 atom stereocenters. The number of carbonyl (C=O) groups is 3. The molecule has 20 heteroatoms. The number of hydrogen-bond donors (Lipinski definition) is 5. The summed E-state index contributed by atoms with van der Waals surface area (Å²) in [7, 11) is 0. The molecule has 414 valence electrons. The van der Waals surface area contributed by atoms with Crippen molar-refractivity contribution in [2.75, 3.05) is 64.0 Å². The Bertz CT molecular complexity index is 3190. The fourth-order valence-electron chi connectivity index (χ4n) is 11.7. The molecule has 6 aromatic rings. The number of aliphatic hydroxyl groups is 1. The third-order valence-electron chi connectivity index (χ3n) is 15.9. The lowest BCUT2D eigenvalue weighted by Gasteiger charge is -2.35. The van der Waals surface area contributed by atoms with Crippen LogP contribution in [0.25, 0.3) is 43.4 Å². The summed E-state index contributed by atoms with van der Waals surface area (Å²) in [6.07, 6.45) is 5.32. The normalized spacial score (nSPS) is 20.8. The van der Waals surface area contributed by atoms with Crippen molar-refractivity contribution in [2.24, 2.45) is 11.3 Å². The number of anilines is 1. The fraction of sp³-hybridized carbons (Fsp3) is 0.500. The van der Waals surface area contributed by atoms with Gasteiger partial charge in [0.2, 0.25) is 17.7 Å². The molecule has 0 spiro atoms. The molecule has 4 saturated heterocycles. The number of likely N-dealkylation sites (tertiary alicyclic amines) is 2. The number of thiazole rings is 1. The second kappa shape index (κ2) is 23.3. The Balaban J connectivity index is 0.723. The zero-order chi connectivity index (χ0) is 55.0. The van der Waals surface area contributed by atoms with E-state index in [1.807, 2.05) is 77.9 Å². The third-order valence-corrected chi connectivity index (χ3v) is 17.2. The van der Waals surface area contributed by atoms with E-state index in [1.54, 1.807) is 23.8 Å². The average Bonchev–Trinajstić information content (AvgIpc) is 4.27. The minimum Gasteiger partial charge on any atom is -0.508 e. The van der Waals surface area contributed by atoms with E-state index in [-0.39, 0.29) is 55.1 Å². The number of nitrogens with one attached hydrogen (secondary N) is 3. The molecule has 4 fully saturated rings. The van der Waals surface area contributed by atoms with Crippen molar-refractivity contribution < 1.29 is 38.5 Å². The minimum absolute atomic E-state index is 0.0224. The molecule has 3 amide bonds. The molecular weight excluding hydrogens is 1040 g/mol. The van der Waals surface area contributed by atoms with E-state index in [1.165, 1.54) is 16.2 Å². The SMILES string of the molecule is CCc1cccc2cc(O)cc(-c3ncc4c(N5C[C@H]6CC[C@@H](C5)N6)nc(OCCN5CCC(COCC(=O)N[C@H](C(=O)N6C[C@H](O)C[C@H]6C(=O)N[C@@H](C)c6ccc(-c7scnc7C)c(Cl)c6)C(C)(C)C)CC5)nc4c3F)c12. The summed E-state index contributed by atoms with van der Waals surface area (Å²) in [6, 6.07) is 13.1. The topological polar surface area (TPSA) is 208 Å². The first kappa shape index (κ1) is 55.2. The maximum Gasteiger partial charge on any atom is 0.319 e. The molecule has 7 heterocycles. The van der Waals surface area contributed by atoms with Crippen LogP contribution in [0.15, 0.2) is 60.2 Å². The van der Waals surface area contributed by atoms with Crippen molar-refractivity contribution in [3.8, 4) is 33.5 Å². The molecule has 4 aliphatic rings. The number of aliphatic hydroxyl groups excluding tert-OH is 1. The number of aromatic hydroxyl groups is 1. The molecule has 2 bridgehead atoms. The zero-order valence-corrected chi connectivity index (χ0v) is 46.7. The van der Waals surface area contributed by atoms with Crippen molar-refractivity contribution in [1.29, 1.82) is 0 Å². The number of pyridine rings is 1. The van der Waals surface area contributed by atoms with Gasteiger partial charge in [0.25, 0.3) is 0 Å². The molecule has 10 rings (SSSR count). The van der Waals surface area contributed by atoms with Crippen molar-refractivity contribution >= 4 is 68.2 Å². The van der Waals surface area contributed by atoms with Crippen LogP contribution in [0.4, 0.5) is 10.2 Å². The summed E-state index contributed by atoms with van der Waals surface area (Å²) < 4.78 is 29.3. The number of halogens is 2. The van der Waals surface area contributed by atoms with Gasteiger partial charge >= 0.3 is 6.01 Å². The van der Waals surface area contributed by atoms with Gasteiger partial charge in [-0.3, -0.25) is 24.3 Å². The number of nitrogens with zero attached hydrogens (tertiary/aromatic N) is 7. The van der Waals surface area contributed by atoms with E-state index in [2.05, 4.69) is 40.7 Å². The maximum atomic E-state index is 17.1. The number of benzene rings is 3. The predicted octanol–water partition coefficient (Wildman–Crippen LogP) is 7.76. The molecule has 0 aliphatic carbocycles. The largest absolute Gasteiger partial charge is 0.508 e. The molecule has 0 saturated carbocycles. The summed E-state index contributed by atoms with van der Waals surface area (Å²) in [5.74, 6) is -1.09. The van der Waals surface area contributed by atoms with E-state index >= 15 is 4.39 Å². The first-order valence-electron chi connectivity index (χ1n) is 27.3. The van der Waals surface area contributed by atoms with Gasteiger partial charge in [0.15, 0.2) is 5.82 Å². The summed E-state index contributed by atoms with van der Waals surface area (Å²) in [4.78, 5) is 67.0. The van der Waals surface area contributed by atoms with E-state index in [4.69, 9.17) is 26.1 Å². The number of amides is 3. The molecule has 0 radical (unpaired) electrons. The summed E-state index contributed by atoms with van der Waals surface area (Å²) in [5, 5.41) is 33.8. The Morgan fingerprint density at radius 1 is 0.987 bits per heavy atom. The van der Waals surface area contributed by atoms with E-state index in [9.17, 15) is 24.6 Å². The minimum atomic E-state index is -0.990. The second-order valence-corrected chi connectivity index (χ2v) is 23.8. The number of piperazine rings is 1. The highest BCUT2D eigenvalue weighted by Gasteiger charge is 2.45. The number of fused-ring (bicyclic) bond motifs is 4. The van der Waals surface area contributed by atoms with Crippen LogP contribution in [0.1, 0.15) is 89.6 Å². The molecule has 5 N–H and O–H groups in total. The fourth-order valence-corrected chi connectivity index (χ4v) is 12.9. The van der Waals surface area contributed by atoms with Gasteiger partial charge in [-0.05, 0) is 110 Å². The van der Waals surface area contributed by atoms with Crippen molar-refractivity contribution in [1.82, 2.24) is 45.7 Å². The number of aromatic nitrogens is 4. The number of hydrogen-bond acceptors (Lipinski definition) is 15. The number of rotatable bonds is 17. The first-order valence-corrected chi connectivity index (χ1v) is 28.5. The van der Waals surface area contributed by atoms with Crippen molar-refractivity contribution in [2.45, 2.75) is 116 Å². The van der Waals surface area contributed by atoms with E-state index < -0.39 is 53.2 Å². The summed E-state index contributed by atoms with van der Waals surface area (Å²) >= 11 is 8.20. The van der Waals surface area contributed by atoms with Crippen LogP contribution >= 0.6 is 22.9 Å². The number of ether oxygens (including phenoxy) is 2. The number of phenolic OH excluding ortho intramolecular Hbond substituents is 1. The second-order valence-electron chi connectivity index (χ2n) is 22.6. The van der Waals surface area contributed by atoms with Gasteiger partial charge in [-0.2, -0.15) is 9.97 Å². The lowest BCUT2D eigenvalue weighted by Crippen LogP contribution is -2.58. The Morgan fingerprint density at radius 3 is 2.46 bits per heavy atom. The Hall–Kier alpha value is -6.09. The van der Waals surface area contributed by atoms with Gasteiger partial charge in [0.1, 0.15) is 48.1 Å². The number of phenols is 1. The van der Waals surface area contributed by atoms with Crippen LogP contribution in [0, 0.1) is 24.1 Å². The van der Waals surface area contributed by atoms with Gasteiger partial charge < -0.3 is 45.4 Å². The Kier molecular flexibility index (Phi) is 16.5. The summed E-state index contributed by atoms with van der Waals surface area (Å²) in [5.41, 5.74) is 5.31. The van der Waals surface area contributed by atoms with Gasteiger partial charge in [0, 0.05) is 67.0 Å². The maximum absolute atomic E-state index is 17.1. The number of piperidine rings is 1.